The van der Waals surface area contributed by atoms with Crippen molar-refractivity contribution in [1.82, 2.24) is 5.32 Å². The van der Waals surface area contributed by atoms with E-state index in [2.05, 4.69) is 26.6 Å². The molecule has 0 aliphatic heterocycles. The van der Waals surface area contributed by atoms with Gasteiger partial charge in [0.25, 0.3) is 0 Å². The molecular weight excluding hydrogens is 351 g/mol. The number of halogens is 2. The van der Waals surface area contributed by atoms with Crippen LogP contribution < -0.4 is 15.4 Å². The number of anilines is 1. The Hall–Kier alpha value is -2.08. The number of carbonyl (C=O) groups excluding carboxylic acids is 1. The molecule has 0 aromatic heterocycles. The van der Waals surface area contributed by atoms with Crippen molar-refractivity contribution in [3.8, 4) is 5.75 Å². The molecule has 0 spiro atoms. The Kier molecular flexibility index (Phi) is 6.21. The molecule has 2 aromatic rings. The van der Waals surface area contributed by atoms with Gasteiger partial charge in [-0.2, -0.15) is 0 Å². The first kappa shape index (κ1) is 16.3. The number of carbonyl (C=O) groups is 1. The van der Waals surface area contributed by atoms with Crippen LogP contribution in [0.3, 0.4) is 0 Å². The fourth-order valence-corrected chi connectivity index (χ4v) is 2.08. The molecule has 0 saturated heterocycles. The molecule has 116 valence electrons. The predicted octanol–water partition coefficient (Wildman–Crippen LogP) is 3.20. The summed E-state index contributed by atoms with van der Waals surface area (Å²) in [6, 6.07) is 14.0. The van der Waals surface area contributed by atoms with Crippen molar-refractivity contribution in [2.45, 2.75) is 0 Å². The standard InChI is InChI=1S/C16H16BrFN2O2/c17-12-6-7-15(14(18)10-12)20-11-16(21)19-8-9-22-13-4-2-1-3-5-13/h1-7,10,20H,8-9,11H2,(H,19,21). The molecule has 6 heteroatoms. The number of ether oxygens (including phenoxy) is 1. The van der Waals surface area contributed by atoms with Crippen LogP contribution >= 0.6 is 15.9 Å². The Bertz CT molecular complexity index is 623. The summed E-state index contributed by atoms with van der Waals surface area (Å²) in [5.41, 5.74) is 0.291. The molecule has 0 unspecified atom stereocenters. The van der Waals surface area contributed by atoms with E-state index in [0.29, 0.717) is 23.3 Å². The van der Waals surface area contributed by atoms with E-state index in [1.165, 1.54) is 6.07 Å². The minimum Gasteiger partial charge on any atom is -0.492 e. The fourth-order valence-electron chi connectivity index (χ4n) is 1.75. The van der Waals surface area contributed by atoms with Crippen LogP contribution in [0, 0.1) is 5.82 Å². The first-order valence-corrected chi connectivity index (χ1v) is 7.58. The average molecular weight is 367 g/mol. The minimum absolute atomic E-state index is 0.00386. The van der Waals surface area contributed by atoms with Gasteiger partial charge in [0.15, 0.2) is 0 Å². The maximum atomic E-state index is 13.6. The summed E-state index contributed by atoms with van der Waals surface area (Å²) >= 11 is 3.18. The Morgan fingerprint density at radius 1 is 1.18 bits per heavy atom. The summed E-state index contributed by atoms with van der Waals surface area (Å²) in [6.45, 7) is 0.768. The SMILES string of the molecule is O=C(CNc1ccc(Br)cc1F)NCCOc1ccccc1. The van der Waals surface area contributed by atoms with Crippen molar-refractivity contribution in [3.05, 3.63) is 58.8 Å². The van der Waals surface area contributed by atoms with Crippen LogP contribution in [0.1, 0.15) is 0 Å². The van der Waals surface area contributed by atoms with Gasteiger partial charge in [-0.15, -0.1) is 0 Å². The fraction of sp³-hybridized carbons (Fsp3) is 0.188. The number of benzene rings is 2. The quantitative estimate of drug-likeness (QED) is 0.739. The van der Waals surface area contributed by atoms with Crippen LogP contribution in [0.5, 0.6) is 5.75 Å². The van der Waals surface area contributed by atoms with Crippen LogP contribution in [0.25, 0.3) is 0 Å². The molecule has 0 atom stereocenters. The topological polar surface area (TPSA) is 50.4 Å². The summed E-state index contributed by atoms with van der Waals surface area (Å²) in [5.74, 6) is 0.125. The number of hydrogen-bond acceptors (Lipinski definition) is 3. The lowest BCUT2D eigenvalue weighted by Gasteiger charge is -2.09. The first-order chi connectivity index (χ1) is 10.6. The van der Waals surface area contributed by atoms with E-state index >= 15 is 0 Å². The largest absolute Gasteiger partial charge is 0.492 e. The second-order valence-corrected chi connectivity index (χ2v) is 5.40. The molecule has 0 radical (unpaired) electrons. The molecule has 0 aliphatic rings. The molecule has 2 N–H and O–H groups in total. The van der Waals surface area contributed by atoms with E-state index in [0.717, 1.165) is 5.75 Å². The number of hydrogen-bond donors (Lipinski definition) is 2. The first-order valence-electron chi connectivity index (χ1n) is 6.78. The zero-order valence-corrected chi connectivity index (χ0v) is 13.4. The molecule has 0 fully saturated rings. The molecule has 0 bridgehead atoms. The summed E-state index contributed by atoms with van der Waals surface area (Å²) in [6.07, 6.45) is 0. The Morgan fingerprint density at radius 3 is 2.68 bits per heavy atom. The highest BCUT2D eigenvalue weighted by atomic mass is 79.9. The van der Waals surface area contributed by atoms with Gasteiger partial charge in [0.05, 0.1) is 18.8 Å². The van der Waals surface area contributed by atoms with E-state index in [1.807, 2.05) is 30.3 Å². The van der Waals surface area contributed by atoms with E-state index in [-0.39, 0.29) is 12.5 Å². The van der Waals surface area contributed by atoms with Crippen LogP contribution in [-0.4, -0.2) is 25.6 Å². The molecular formula is C16H16BrFN2O2. The lowest BCUT2D eigenvalue weighted by atomic mass is 10.3. The van der Waals surface area contributed by atoms with Gasteiger partial charge in [-0.1, -0.05) is 34.1 Å². The monoisotopic (exact) mass is 366 g/mol. The van der Waals surface area contributed by atoms with Crippen LogP contribution in [0.2, 0.25) is 0 Å². The predicted molar refractivity (Wildman–Crippen MR) is 87.5 cm³/mol. The van der Waals surface area contributed by atoms with Gasteiger partial charge in [0.1, 0.15) is 18.2 Å². The molecule has 4 nitrogen and oxygen atoms in total. The van der Waals surface area contributed by atoms with Crippen molar-refractivity contribution in [3.63, 3.8) is 0 Å². The zero-order valence-electron chi connectivity index (χ0n) is 11.8. The van der Waals surface area contributed by atoms with Crippen LogP contribution in [0.4, 0.5) is 10.1 Å². The lowest BCUT2D eigenvalue weighted by molar-refractivity contribution is -0.119. The molecule has 2 rings (SSSR count). The molecule has 2 aromatic carbocycles. The molecule has 0 heterocycles. The highest BCUT2D eigenvalue weighted by Crippen LogP contribution is 2.18. The van der Waals surface area contributed by atoms with Crippen molar-refractivity contribution < 1.29 is 13.9 Å². The van der Waals surface area contributed by atoms with E-state index in [9.17, 15) is 9.18 Å². The average Bonchev–Trinajstić information content (AvgIpc) is 2.52. The van der Waals surface area contributed by atoms with Crippen molar-refractivity contribution in [2.75, 3.05) is 25.0 Å². The summed E-state index contributed by atoms with van der Waals surface area (Å²) in [4.78, 5) is 11.6. The second kappa shape index (κ2) is 8.38. The Morgan fingerprint density at radius 2 is 1.95 bits per heavy atom. The normalized spacial score (nSPS) is 10.1. The molecule has 22 heavy (non-hydrogen) atoms. The highest BCUT2D eigenvalue weighted by molar-refractivity contribution is 9.10. The lowest BCUT2D eigenvalue weighted by Crippen LogP contribution is -2.33. The number of rotatable bonds is 7. The van der Waals surface area contributed by atoms with E-state index < -0.39 is 5.82 Å². The molecule has 1 amide bonds. The maximum absolute atomic E-state index is 13.6. The molecule has 0 saturated carbocycles. The smallest absolute Gasteiger partial charge is 0.239 e. The second-order valence-electron chi connectivity index (χ2n) is 4.49. The van der Waals surface area contributed by atoms with Crippen molar-refractivity contribution in [1.29, 1.82) is 0 Å². The third-order valence-electron chi connectivity index (χ3n) is 2.81. The van der Waals surface area contributed by atoms with Gasteiger partial charge >= 0.3 is 0 Å². The molecule has 0 aliphatic carbocycles. The number of amides is 1. The van der Waals surface area contributed by atoms with Crippen molar-refractivity contribution >= 4 is 27.5 Å². The van der Waals surface area contributed by atoms with Gasteiger partial charge in [-0.25, -0.2) is 4.39 Å². The third-order valence-corrected chi connectivity index (χ3v) is 3.30. The van der Waals surface area contributed by atoms with Crippen molar-refractivity contribution in [2.24, 2.45) is 0 Å². The maximum Gasteiger partial charge on any atom is 0.239 e. The van der Waals surface area contributed by atoms with Crippen LogP contribution in [0.15, 0.2) is 53.0 Å². The Balaban J connectivity index is 1.65. The third kappa shape index (κ3) is 5.37. The van der Waals surface area contributed by atoms with E-state index in [1.54, 1.807) is 12.1 Å². The highest BCUT2D eigenvalue weighted by Gasteiger charge is 2.05. The van der Waals surface area contributed by atoms with Gasteiger partial charge in [-0.05, 0) is 30.3 Å². The zero-order chi connectivity index (χ0) is 15.8. The number of para-hydroxylation sites is 1. The number of nitrogens with one attached hydrogen (secondary N) is 2. The summed E-state index contributed by atoms with van der Waals surface area (Å²) in [5, 5.41) is 5.45. The minimum atomic E-state index is -0.408. The van der Waals surface area contributed by atoms with Gasteiger partial charge < -0.3 is 15.4 Å². The van der Waals surface area contributed by atoms with Gasteiger partial charge in [-0.3, -0.25) is 4.79 Å². The van der Waals surface area contributed by atoms with Gasteiger partial charge in [0.2, 0.25) is 5.91 Å². The summed E-state index contributed by atoms with van der Waals surface area (Å²) in [7, 11) is 0. The summed E-state index contributed by atoms with van der Waals surface area (Å²) < 4.78 is 19.7. The van der Waals surface area contributed by atoms with Crippen LogP contribution in [-0.2, 0) is 4.79 Å². The van der Waals surface area contributed by atoms with Gasteiger partial charge in [0, 0.05) is 4.47 Å². The van der Waals surface area contributed by atoms with E-state index in [4.69, 9.17) is 4.74 Å². The Labute approximate surface area is 136 Å².